The van der Waals surface area contributed by atoms with Crippen LogP contribution >= 0.6 is 11.6 Å². The topological polar surface area (TPSA) is 47.9 Å². The van der Waals surface area contributed by atoms with Crippen LogP contribution < -0.4 is 5.43 Å². The molecule has 1 fully saturated rings. The lowest BCUT2D eigenvalue weighted by Gasteiger charge is -2.41. The van der Waals surface area contributed by atoms with E-state index in [-0.39, 0.29) is 12.1 Å². The second-order valence-electron chi connectivity index (χ2n) is 8.28. The molecule has 3 aromatic carbocycles. The van der Waals surface area contributed by atoms with Gasteiger partial charge in [-0.1, -0.05) is 65.7 Å². The highest BCUT2D eigenvalue weighted by molar-refractivity contribution is 6.30. The van der Waals surface area contributed by atoms with Gasteiger partial charge in [0.1, 0.15) is 6.17 Å². The first-order valence-electron chi connectivity index (χ1n) is 10.9. The maximum atomic E-state index is 12.8. The first-order valence-corrected chi connectivity index (χ1v) is 11.3. The Hall–Kier alpha value is -3.15. The summed E-state index contributed by atoms with van der Waals surface area (Å²) in [6.45, 7) is 5.00. The van der Waals surface area contributed by atoms with E-state index in [9.17, 15) is 4.79 Å². The van der Waals surface area contributed by atoms with Crippen molar-refractivity contribution in [1.29, 1.82) is 0 Å². The van der Waals surface area contributed by atoms with Gasteiger partial charge in [0.2, 0.25) is 0 Å². The Labute approximate surface area is 193 Å². The van der Waals surface area contributed by atoms with Crippen LogP contribution in [0.5, 0.6) is 0 Å². The van der Waals surface area contributed by atoms with E-state index in [4.69, 9.17) is 16.7 Å². The fraction of sp³-hybridized carbons (Fsp3) is 0.231. The molecule has 3 aromatic rings. The Morgan fingerprint density at radius 3 is 2.34 bits per heavy atom. The van der Waals surface area contributed by atoms with Crippen molar-refractivity contribution in [1.82, 2.24) is 15.2 Å². The number of carbonyl (C=O) groups excluding carboxylic acids is 1. The van der Waals surface area contributed by atoms with Crippen molar-refractivity contribution in [2.45, 2.75) is 13.1 Å². The number of hydrogen-bond acceptors (Lipinski definition) is 4. The fourth-order valence-corrected chi connectivity index (χ4v) is 4.50. The first kappa shape index (κ1) is 20.7. The Bertz CT molecular complexity index is 1150. The lowest BCUT2D eigenvalue weighted by molar-refractivity contribution is 0.0525. The van der Waals surface area contributed by atoms with Gasteiger partial charge < -0.3 is 4.90 Å². The van der Waals surface area contributed by atoms with Crippen LogP contribution in [-0.4, -0.2) is 47.6 Å². The third-order valence-corrected chi connectivity index (χ3v) is 6.44. The van der Waals surface area contributed by atoms with Crippen LogP contribution in [0.1, 0.15) is 38.8 Å². The van der Waals surface area contributed by atoms with Gasteiger partial charge in [-0.25, -0.2) is 0 Å². The number of amides is 1. The summed E-state index contributed by atoms with van der Waals surface area (Å²) in [6.07, 6.45) is -0.00631. The van der Waals surface area contributed by atoms with Gasteiger partial charge in [0, 0.05) is 47.9 Å². The summed E-state index contributed by atoms with van der Waals surface area (Å²) >= 11 is 5.96. The molecule has 162 valence electrons. The SMILES string of the molecule is Cc1ccc(C2=NNC(N3CCN(C(=O)c4ccc(Cl)cc4)CC3)c3ccccc32)cc1. The fourth-order valence-electron chi connectivity index (χ4n) is 4.37. The van der Waals surface area contributed by atoms with Crippen LogP contribution in [0.4, 0.5) is 0 Å². The van der Waals surface area contributed by atoms with Crippen molar-refractivity contribution in [3.8, 4) is 0 Å². The van der Waals surface area contributed by atoms with Crippen LogP contribution in [0.2, 0.25) is 5.02 Å². The van der Waals surface area contributed by atoms with Crippen LogP contribution in [0.3, 0.4) is 0 Å². The summed E-state index contributed by atoms with van der Waals surface area (Å²) in [6, 6.07) is 24.0. The number of hydrogen-bond donors (Lipinski definition) is 1. The highest BCUT2D eigenvalue weighted by Gasteiger charge is 2.31. The van der Waals surface area contributed by atoms with Gasteiger partial charge in [-0.3, -0.25) is 15.1 Å². The molecule has 1 unspecified atom stereocenters. The summed E-state index contributed by atoms with van der Waals surface area (Å²) < 4.78 is 0. The molecule has 2 aliphatic heterocycles. The molecule has 1 atom stereocenters. The largest absolute Gasteiger partial charge is 0.336 e. The zero-order valence-electron chi connectivity index (χ0n) is 18.0. The van der Waals surface area contributed by atoms with Crippen molar-refractivity contribution < 1.29 is 4.79 Å². The number of carbonyl (C=O) groups is 1. The molecular weight excluding hydrogens is 420 g/mol. The lowest BCUT2D eigenvalue weighted by atomic mass is 9.94. The average Bonchev–Trinajstić information content (AvgIpc) is 2.84. The third kappa shape index (κ3) is 4.01. The van der Waals surface area contributed by atoms with Gasteiger partial charge in [0.25, 0.3) is 5.91 Å². The second kappa shape index (κ2) is 8.77. The molecular formula is C26H25ClN4O. The minimum Gasteiger partial charge on any atom is -0.336 e. The molecule has 2 aliphatic rings. The maximum absolute atomic E-state index is 12.8. The highest BCUT2D eigenvalue weighted by atomic mass is 35.5. The van der Waals surface area contributed by atoms with Crippen molar-refractivity contribution in [3.63, 3.8) is 0 Å². The van der Waals surface area contributed by atoms with E-state index in [2.05, 4.69) is 65.8 Å². The average molecular weight is 445 g/mol. The molecule has 32 heavy (non-hydrogen) atoms. The number of rotatable bonds is 3. The van der Waals surface area contributed by atoms with Gasteiger partial charge in [0.15, 0.2) is 0 Å². The Kier molecular flexibility index (Phi) is 5.68. The smallest absolute Gasteiger partial charge is 0.253 e. The van der Waals surface area contributed by atoms with E-state index in [1.807, 2.05) is 4.90 Å². The van der Waals surface area contributed by atoms with Crippen LogP contribution in [0.15, 0.2) is 77.9 Å². The van der Waals surface area contributed by atoms with E-state index in [1.165, 1.54) is 11.1 Å². The van der Waals surface area contributed by atoms with E-state index in [1.54, 1.807) is 24.3 Å². The number of hydrazone groups is 1. The van der Waals surface area contributed by atoms with Gasteiger partial charge in [0.05, 0.1) is 5.71 Å². The van der Waals surface area contributed by atoms with Gasteiger partial charge in [-0.05, 0) is 36.8 Å². The minimum absolute atomic E-state index is 0.00631. The van der Waals surface area contributed by atoms with Gasteiger partial charge in [-0.2, -0.15) is 5.10 Å². The molecule has 0 bridgehead atoms. The van der Waals surface area contributed by atoms with E-state index < -0.39 is 0 Å². The summed E-state index contributed by atoms with van der Waals surface area (Å²) in [5, 5.41) is 5.41. The number of fused-ring (bicyclic) bond motifs is 1. The minimum atomic E-state index is -0.00631. The first-order chi connectivity index (χ1) is 15.6. The number of nitrogens with zero attached hydrogens (tertiary/aromatic N) is 3. The summed E-state index contributed by atoms with van der Waals surface area (Å²) in [5.74, 6) is 0.0537. The van der Waals surface area contributed by atoms with Crippen molar-refractivity contribution in [2.24, 2.45) is 5.10 Å². The maximum Gasteiger partial charge on any atom is 0.253 e. The predicted molar refractivity (Wildman–Crippen MR) is 128 cm³/mol. The van der Waals surface area contributed by atoms with Crippen LogP contribution in [0.25, 0.3) is 0 Å². The zero-order valence-corrected chi connectivity index (χ0v) is 18.7. The molecule has 0 aromatic heterocycles. The molecule has 5 rings (SSSR count). The van der Waals surface area contributed by atoms with Crippen molar-refractivity contribution in [3.05, 3.63) is 106 Å². The number of nitrogens with one attached hydrogen (secondary N) is 1. The normalized spacial score (nSPS) is 18.5. The molecule has 2 heterocycles. The van der Waals surface area contributed by atoms with Crippen LogP contribution in [-0.2, 0) is 0 Å². The standard InChI is InChI=1S/C26H25ClN4O/c1-18-6-8-19(9-7-18)24-22-4-2-3-5-23(22)25(29-28-24)30-14-16-31(17-15-30)26(32)20-10-12-21(27)13-11-20/h2-13,25,29H,14-17H2,1H3. The van der Waals surface area contributed by atoms with Crippen LogP contribution in [0, 0.1) is 6.92 Å². The Balaban J connectivity index is 1.32. The third-order valence-electron chi connectivity index (χ3n) is 6.19. The Morgan fingerprint density at radius 2 is 1.62 bits per heavy atom. The molecule has 6 heteroatoms. The molecule has 0 saturated carbocycles. The number of aryl methyl sites for hydroxylation is 1. The number of benzene rings is 3. The molecule has 1 amide bonds. The molecule has 0 spiro atoms. The lowest BCUT2D eigenvalue weighted by Crippen LogP contribution is -2.52. The van der Waals surface area contributed by atoms with Crippen molar-refractivity contribution in [2.75, 3.05) is 26.2 Å². The zero-order chi connectivity index (χ0) is 22.1. The summed E-state index contributed by atoms with van der Waals surface area (Å²) in [4.78, 5) is 17.1. The molecule has 5 nitrogen and oxygen atoms in total. The monoisotopic (exact) mass is 444 g/mol. The Morgan fingerprint density at radius 1 is 0.938 bits per heavy atom. The predicted octanol–water partition coefficient (Wildman–Crippen LogP) is 4.46. The van der Waals surface area contributed by atoms with E-state index in [0.717, 1.165) is 29.9 Å². The highest BCUT2D eigenvalue weighted by Crippen LogP contribution is 2.29. The molecule has 1 saturated heterocycles. The molecule has 1 N–H and O–H groups in total. The number of piperazine rings is 1. The van der Waals surface area contributed by atoms with E-state index in [0.29, 0.717) is 23.7 Å². The summed E-state index contributed by atoms with van der Waals surface area (Å²) in [5.41, 5.74) is 9.74. The second-order valence-corrected chi connectivity index (χ2v) is 8.72. The molecule has 0 aliphatic carbocycles. The van der Waals surface area contributed by atoms with Crippen molar-refractivity contribution >= 4 is 23.2 Å². The van der Waals surface area contributed by atoms with Gasteiger partial charge >= 0.3 is 0 Å². The number of halogens is 1. The van der Waals surface area contributed by atoms with Gasteiger partial charge in [-0.15, -0.1) is 0 Å². The van der Waals surface area contributed by atoms with E-state index >= 15 is 0 Å². The quantitative estimate of drug-likeness (QED) is 0.648. The summed E-state index contributed by atoms with van der Waals surface area (Å²) in [7, 11) is 0. The molecule has 0 radical (unpaired) electrons.